The molecule has 3 heterocycles. The van der Waals surface area contributed by atoms with Crippen LogP contribution >= 0.6 is 0 Å². The molecule has 3 unspecified atom stereocenters. The van der Waals surface area contributed by atoms with E-state index in [9.17, 15) is 4.79 Å². The van der Waals surface area contributed by atoms with Gasteiger partial charge in [0.15, 0.2) is 0 Å². The summed E-state index contributed by atoms with van der Waals surface area (Å²) in [6, 6.07) is 2.36. The zero-order valence-corrected chi connectivity index (χ0v) is 15.5. The van der Waals surface area contributed by atoms with Crippen LogP contribution in [0, 0.1) is 5.92 Å². The minimum atomic E-state index is 0.304. The lowest BCUT2D eigenvalue weighted by Crippen LogP contribution is -2.47. The van der Waals surface area contributed by atoms with Crippen LogP contribution in [0.2, 0.25) is 0 Å². The molecule has 0 radical (unpaired) electrons. The Labute approximate surface area is 143 Å². The fourth-order valence-corrected chi connectivity index (χ4v) is 4.21. The van der Waals surface area contributed by atoms with Gasteiger partial charge in [-0.15, -0.1) is 0 Å². The molecule has 3 saturated heterocycles. The monoisotopic (exact) mass is 323 g/mol. The van der Waals surface area contributed by atoms with E-state index in [1.807, 2.05) is 0 Å². The number of carbonyl (C=O) groups excluding carboxylic acids is 1. The van der Waals surface area contributed by atoms with Gasteiger partial charge in [0.05, 0.1) is 0 Å². The van der Waals surface area contributed by atoms with Crippen LogP contribution in [0.15, 0.2) is 0 Å². The molecule has 4 nitrogen and oxygen atoms in total. The summed E-state index contributed by atoms with van der Waals surface area (Å²) in [5.41, 5.74) is 0. The number of hydrogen-bond acceptors (Lipinski definition) is 4. The molecule has 4 heteroatoms. The Kier molecular flexibility index (Phi) is 8.01. The highest BCUT2D eigenvalue weighted by molar-refractivity contribution is 5.53. The molecule has 0 saturated carbocycles. The van der Waals surface area contributed by atoms with Gasteiger partial charge in [-0.2, -0.15) is 0 Å². The van der Waals surface area contributed by atoms with Crippen molar-refractivity contribution in [3.63, 3.8) is 0 Å². The maximum Gasteiger partial charge on any atom is 0.124 e. The molecule has 23 heavy (non-hydrogen) atoms. The molecule has 0 spiro atoms. The third-order valence-corrected chi connectivity index (χ3v) is 6.14. The summed E-state index contributed by atoms with van der Waals surface area (Å²) in [6.45, 7) is 9.13. The normalized spacial score (nSPS) is 34.5. The SMILES string of the molecule is CC1CCCC(C)N1C.O=CC1CCCN(C2CCNCC2)C1. The predicted octanol–water partition coefficient (Wildman–Crippen LogP) is 2.53. The van der Waals surface area contributed by atoms with Gasteiger partial charge >= 0.3 is 0 Å². The van der Waals surface area contributed by atoms with Gasteiger partial charge in [0.1, 0.15) is 6.29 Å². The Morgan fingerprint density at radius 2 is 1.61 bits per heavy atom. The molecule has 3 atom stereocenters. The molecule has 3 fully saturated rings. The summed E-state index contributed by atoms with van der Waals surface area (Å²) < 4.78 is 0. The van der Waals surface area contributed by atoms with E-state index in [1.165, 1.54) is 45.1 Å². The first kappa shape index (κ1) is 18.9. The third kappa shape index (κ3) is 5.84. The largest absolute Gasteiger partial charge is 0.317 e. The number of rotatable bonds is 2. The zero-order valence-electron chi connectivity index (χ0n) is 15.5. The number of hydrogen-bond donors (Lipinski definition) is 1. The van der Waals surface area contributed by atoms with Crippen molar-refractivity contribution in [3.8, 4) is 0 Å². The van der Waals surface area contributed by atoms with Gasteiger partial charge in [-0.1, -0.05) is 6.42 Å². The van der Waals surface area contributed by atoms with Crippen molar-refractivity contribution in [3.05, 3.63) is 0 Å². The minimum absolute atomic E-state index is 0.304. The van der Waals surface area contributed by atoms with E-state index >= 15 is 0 Å². The Morgan fingerprint density at radius 1 is 0.957 bits per heavy atom. The van der Waals surface area contributed by atoms with E-state index < -0.39 is 0 Å². The number of aldehydes is 1. The number of nitrogens with one attached hydrogen (secondary N) is 1. The van der Waals surface area contributed by atoms with Gasteiger partial charge in [-0.05, 0) is 79.1 Å². The second-order valence-electron chi connectivity index (χ2n) is 7.81. The van der Waals surface area contributed by atoms with Crippen molar-refractivity contribution in [1.82, 2.24) is 15.1 Å². The highest BCUT2D eigenvalue weighted by Gasteiger charge is 2.26. The summed E-state index contributed by atoms with van der Waals surface area (Å²) in [6.07, 6.45) is 10.2. The van der Waals surface area contributed by atoms with Crippen LogP contribution in [0.3, 0.4) is 0 Å². The predicted molar refractivity (Wildman–Crippen MR) is 96.8 cm³/mol. The molecule has 0 aromatic rings. The standard InChI is InChI=1S/C11H20N2O.C8H17N/c14-9-10-2-1-7-13(8-10)11-3-5-12-6-4-11;1-7-5-4-6-8(2)9(7)3/h9-12H,1-8H2;7-8H,4-6H2,1-3H3. The summed E-state index contributed by atoms with van der Waals surface area (Å²) in [4.78, 5) is 15.8. The van der Waals surface area contributed by atoms with E-state index in [-0.39, 0.29) is 0 Å². The molecule has 0 aromatic carbocycles. The van der Waals surface area contributed by atoms with E-state index in [1.54, 1.807) is 0 Å². The number of carbonyl (C=O) groups is 1. The van der Waals surface area contributed by atoms with Crippen LogP contribution in [0.1, 0.15) is 58.8 Å². The molecule has 0 aromatic heterocycles. The Balaban J connectivity index is 0.000000185. The highest BCUT2D eigenvalue weighted by Crippen LogP contribution is 2.21. The van der Waals surface area contributed by atoms with Crippen LogP contribution in [-0.4, -0.2) is 67.4 Å². The lowest BCUT2D eigenvalue weighted by atomic mass is 9.95. The first-order valence-corrected chi connectivity index (χ1v) is 9.73. The highest BCUT2D eigenvalue weighted by atomic mass is 16.1. The van der Waals surface area contributed by atoms with Gasteiger partial charge in [0, 0.05) is 30.6 Å². The lowest BCUT2D eigenvalue weighted by Gasteiger charge is -2.38. The van der Waals surface area contributed by atoms with Crippen molar-refractivity contribution in [2.24, 2.45) is 5.92 Å². The van der Waals surface area contributed by atoms with Gasteiger partial charge in [-0.25, -0.2) is 0 Å². The maximum atomic E-state index is 10.7. The zero-order chi connectivity index (χ0) is 16.7. The molecular weight excluding hydrogens is 286 g/mol. The second-order valence-corrected chi connectivity index (χ2v) is 7.81. The molecule has 3 rings (SSSR count). The lowest BCUT2D eigenvalue weighted by molar-refractivity contribution is -0.112. The summed E-state index contributed by atoms with van der Waals surface area (Å²) >= 11 is 0. The average molecular weight is 324 g/mol. The summed E-state index contributed by atoms with van der Waals surface area (Å²) in [7, 11) is 2.23. The molecule has 0 bridgehead atoms. The van der Waals surface area contributed by atoms with Crippen LogP contribution in [0.4, 0.5) is 0 Å². The molecule has 0 amide bonds. The van der Waals surface area contributed by atoms with E-state index in [2.05, 4.69) is 36.0 Å². The van der Waals surface area contributed by atoms with Gasteiger partial charge < -0.3 is 15.0 Å². The van der Waals surface area contributed by atoms with Crippen molar-refractivity contribution in [2.75, 3.05) is 33.2 Å². The fraction of sp³-hybridized carbons (Fsp3) is 0.947. The Hall–Kier alpha value is -0.450. The quantitative estimate of drug-likeness (QED) is 0.792. The van der Waals surface area contributed by atoms with E-state index in [4.69, 9.17) is 0 Å². The van der Waals surface area contributed by atoms with Crippen LogP contribution in [0.25, 0.3) is 0 Å². The molecule has 134 valence electrons. The third-order valence-electron chi connectivity index (χ3n) is 6.14. The summed E-state index contributed by atoms with van der Waals surface area (Å²) in [5.74, 6) is 0.304. The van der Waals surface area contributed by atoms with Gasteiger partial charge in [0.25, 0.3) is 0 Å². The maximum absolute atomic E-state index is 10.7. The molecule has 1 N–H and O–H groups in total. The fourth-order valence-electron chi connectivity index (χ4n) is 4.21. The average Bonchev–Trinajstić information content (AvgIpc) is 2.61. The summed E-state index contributed by atoms with van der Waals surface area (Å²) in [5, 5.41) is 3.38. The van der Waals surface area contributed by atoms with Crippen molar-refractivity contribution < 1.29 is 4.79 Å². The van der Waals surface area contributed by atoms with Crippen molar-refractivity contribution >= 4 is 6.29 Å². The van der Waals surface area contributed by atoms with Gasteiger partial charge in [0.2, 0.25) is 0 Å². The number of piperidine rings is 3. The second kappa shape index (κ2) is 9.75. The smallest absolute Gasteiger partial charge is 0.124 e. The van der Waals surface area contributed by atoms with Crippen LogP contribution in [-0.2, 0) is 4.79 Å². The van der Waals surface area contributed by atoms with E-state index in [0.29, 0.717) is 5.92 Å². The first-order valence-electron chi connectivity index (χ1n) is 9.73. The van der Waals surface area contributed by atoms with Crippen LogP contribution < -0.4 is 5.32 Å². The number of nitrogens with zero attached hydrogens (tertiary/aromatic N) is 2. The molecule has 0 aliphatic carbocycles. The van der Waals surface area contributed by atoms with Crippen molar-refractivity contribution in [1.29, 1.82) is 0 Å². The molecule has 3 aliphatic heterocycles. The molecule has 3 aliphatic rings. The van der Waals surface area contributed by atoms with Crippen LogP contribution in [0.5, 0.6) is 0 Å². The first-order chi connectivity index (χ1) is 11.1. The topological polar surface area (TPSA) is 35.6 Å². The van der Waals surface area contributed by atoms with Gasteiger partial charge in [-0.3, -0.25) is 4.90 Å². The Morgan fingerprint density at radius 3 is 2.17 bits per heavy atom. The minimum Gasteiger partial charge on any atom is -0.317 e. The number of likely N-dealkylation sites (tertiary alicyclic amines) is 2. The molecular formula is C19H37N3O. The van der Waals surface area contributed by atoms with E-state index in [0.717, 1.165) is 50.5 Å². The van der Waals surface area contributed by atoms with Crippen molar-refractivity contribution in [2.45, 2.75) is 76.9 Å². The Bertz CT molecular complexity index is 334.